The third-order valence-electron chi connectivity index (χ3n) is 4.43. The summed E-state index contributed by atoms with van der Waals surface area (Å²) in [6.07, 6.45) is 5.19. The van der Waals surface area contributed by atoms with E-state index < -0.39 is 0 Å². The van der Waals surface area contributed by atoms with E-state index in [2.05, 4.69) is 26.1 Å². The normalized spacial score (nSPS) is 17.7. The summed E-state index contributed by atoms with van der Waals surface area (Å²) in [5, 5.41) is 0. The average Bonchev–Trinajstić information content (AvgIpc) is 3.01. The predicted molar refractivity (Wildman–Crippen MR) is 96.3 cm³/mol. The molecule has 0 amide bonds. The lowest BCUT2D eigenvalue weighted by molar-refractivity contribution is 0.671. The molecule has 1 atom stereocenters. The minimum atomic E-state index is -0.0870. The number of aromatic amines is 1. The second-order valence-electron chi connectivity index (χ2n) is 6.09. The zero-order chi connectivity index (χ0) is 16.4. The topological polar surface area (TPSA) is 61.9 Å². The highest BCUT2D eigenvalue weighted by atomic mass is 32.2. The number of H-pyrrole nitrogens is 1. The van der Waals surface area contributed by atoms with Crippen molar-refractivity contribution in [3.8, 4) is 11.4 Å². The van der Waals surface area contributed by atoms with Crippen LogP contribution < -0.4 is 10.5 Å². The first kappa shape index (κ1) is 16.1. The summed E-state index contributed by atoms with van der Waals surface area (Å²) in [4.78, 5) is 26.1. The molecule has 0 aromatic carbocycles. The highest BCUT2D eigenvalue weighted by Crippen LogP contribution is 2.25. The van der Waals surface area contributed by atoms with Gasteiger partial charge in [-0.2, -0.15) is 11.8 Å². The molecule has 6 heteroatoms. The van der Waals surface area contributed by atoms with Crippen LogP contribution in [0.25, 0.3) is 11.4 Å². The average molecular weight is 330 g/mol. The van der Waals surface area contributed by atoms with Crippen molar-refractivity contribution in [2.75, 3.05) is 30.0 Å². The van der Waals surface area contributed by atoms with Crippen molar-refractivity contribution in [3.63, 3.8) is 0 Å². The van der Waals surface area contributed by atoms with Crippen molar-refractivity contribution in [3.05, 3.63) is 39.9 Å². The van der Waals surface area contributed by atoms with Crippen LogP contribution in [0.2, 0.25) is 0 Å². The second kappa shape index (κ2) is 6.74. The van der Waals surface area contributed by atoms with Gasteiger partial charge in [-0.25, -0.2) is 9.97 Å². The van der Waals surface area contributed by atoms with E-state index in [-0.39, 0.29) is 5.56 Å². The molecule has 0 unspecified atom stereocenters. The fourth-order valence-corrected chi connectivity index (χ4v) is 3.65. The van der Waals surface area contributed by atoms with Crippen molar-refractivity contribution < 1.29 is 0 Å². The first-order valence-electron chi connectivity index (χ1n) is 7.86. The maximum absolute atomic E-state index is 11.9. The van der Waals surface area contributed by atoms with Gasteiger partial charge in [0, 0.05) is 36.1 Å². The van der Waals surface area contributed by atoms with Crippen LogP contribution in [-0.4, -0.2) is 40.1 Å². The number of aryl methyl sites for hydroxylation is 1. The van der Waals surface area contributed by atoms with E-state index in [1.165, 1.54) is 12.2 Å². The predicted octanol–water partition coefficient (Wildman–Crippen LogP) is 2.64. The number of thioether (sulfide) groups is 1. The maximum Gasteiger partial charge on any atom is 0.254 e. The minimum Gasteiger partial charge on any atom is -0.356 e. The Bertz CT molecular complexity index is 741. The highest BCUT2D eigenvalue weighted by molar-refractivity contribution is 7.98. The summed E-state index contributed by atoms with van der Waals surface area (Å²) in [6.45, 7) is 5.78. The van der Waals surface area contributed by atoms with Gasteiger partial charge >= 0.3 is 0 Å². The number of aromatic nitrogens is 3. The van der Waals surface area contributed by atoms with Gasteiger partial charge in [-0.05, 0) is 50.3 Å². The SMILES string of the molecule is CSC[C@@H]1CCN(c2ccc(-c3nc(C)c(C)c(=O)[nH]3)cn2)C1. The Balaban J connectivity index is 1.79. The molecule has 1 aliphatic heterocycles. The molecule has 1 N–H and O–H groups in total. The summed E-state index contributed by atoms with van der Waals surface area (Å²) in [5.74, 6) is 3.55. The van der Waals surface area contributed by atoms with E-state index in [4.69, 9.17) is 0 Å². The standard InChI is InChI=1S/C17H22N4OS/c1-11-12(2)19-16(20-17(11)22)14-4-5-15(18-8-14)21-7-6-13(9-21)10-23-3/h4-5,8,13H,6-7,9-10H2,1-3H3,(H,19,20,22)/t13-/m1/s1. The van der Waals surface area contributed by atoms with Crippen LogP contribution in [0, 0.1) is 19.8 Å². The van der Waals surface area contributed by atoms with Crippen molar-refractivity contribution in [1.29, 1.82) is 0 Å². The van der Waals surface area contributed by atoms with Crippen molar-refractivity contribution in [2.45, 2.75) is 20.3 Å². The molecule has 1 aliphatic rings. The number of nitrogens with one attached hydrogen (secondary N) is 1. The van der Waals surface area contributed by atoms with Crippen LogP contribution >= 0.6 is 11.8 Å². The molecule has 0 saturated carbocycles. The molecular weight excluding hydrogens is 308 g/mol. The highest BCUT2D eigenvalue weighted by Gasteiger charge is 2.22. The lowest BCUT2D eigenvalue weighted by Gasteiger charge is -2.17. The molecule has 2 aromatic rings. The number of nitrogens with zero attached hydrogens (tertiary/aromatic N) is 3. The number of hydrogen-bond donors (Lipinski definition) is 1. The van der Waals surface area contributed by atoms with Crippen molar-refractivity contribution in [2.24, 2.45) is 5.92 Å². The Hall–Kier alpha value is -1.82. The molecule has 2 aromatic heterocycles. The van der Waals surface area contributed by atoms with Crippen LogP contribution in [0.15, 0.2) is 23.1 Å². The van der Waals surface area contributed by atoms with Gasteiger partial charge in [-0.1, -0.05) is 0 Å². The van der Waals surface area contributed by atoms with E-state index in [0.717, 1.165) is 36.1 Å². The molecule has 1 saturated heterocycles. The number of anilines is 1. The molecule has 0 radical (unpaired) electrons. The third-order valence-corrected chi connectivity index (χ3v) is 5.23. The third kappa shape index (κ3) is 3.42. The minimum absolute atomic E-state index is 0.0870. The number of rotatable bonds is 4. The van der Waals surface area contributed by atoms with Gasteiger partial charge in [0.15, 0.2) is 0 Å². The fourth-order valence-electron chi connectivity index (χ4n) is 2.91. The first-order chi connectivity index (χ1) is 11.1. The van der Waals surface area contributed by atoms with Crippen LogP contribution in [-0.2, 0) is 0 Å². The van der Waals surface area contributed by atoms with Gasteiger partial charge in [-0.15, -0.1) is 0 Å². The molecule has 0 spiro atoms. The van der Waals surface area contributed by atoms with E-state index in [9.17, 15) is 4.79 Å². The van der Waals surface area contributed by atoms with Gasteiger partial charge in [0.25, 0.3) is 5.56 Å². The van der Waals surface area contributed by atoms with Crippen LogP contribution in [0.3, 0.4) is 0 Å². The summed E-state index contributed by atoms with van der Waals surface area (Å²) in [5.41, 5.74) is 2.17. The van der Waals surface area contributed by atoms with Crippen LogP contribution in [0.4, 0.5) is 5.82 Å². The van der Waals surface area contributed by atoms with E-state index >= 15 is 0 Å². The second-order valence-corrected chi connectivity index (χ2v) is 7.00. The first-order valence-corrected chi connectivity index (χ1v) is 9.25. The van der Waals surface area contributed by atoms with Crippen LogP contribution in [0.1, 0.15) is 17.7 Å². The Morgan fingerprint density at radius 1 is 1.39 bits per heavy atom. The van der Waals surface area contributed by atoms with Gasteiger partial charge in [0.1, 0.15) is 11.6 Å². The zero-order valence-electron chi connectivity index (χ0n) is 13.8. The quantitative estimate of drug-likeness (QED) is 0.934. The monoisotopic (exact) mass is 330 g/mol. The lowest BCUT2D eigenvalue weighted by atomic mass is 10.2. The Morgan fingerprint density at radius 2 is 2.22 bits per heavy atom. The largest absolute Gasteiger partial charge is 0.356 e. The molecule has 23 heavy (non-hydrogen) atoms. The zero-order valence-corrected chi connectivity index (χ0v) is 14.6. The van der Waals surface area contributed by atoms with Crippen molar-refractivity contribution >= 4 is 17.6 Å². The van der Waals surface area contributed by atoms with E-state index in [0.29, 0.717) is 11.4 Å². The molecule has 0 aliphatic carbocycles. The lowest BCUT2D eigenvalue weighted by Crippen LogP contribution is -2.21. The summed E-state index contributed by atoms with van der Waals surface area (Å²) in [6, 6.07) is 4.00. The summed E-state index contributed by atoms with van der Waals surface area (Å²) < 4.78 is 0. The number of pyridine rings is 1. The fraction of sp³-hybridized carbons (Fsp3) is 0.471. The molecule has 1 fully saturated rings. The summed E-state index contributed by atoms with van der Waals surface area (Å²) >= 11 is 1.91. The molecule has 3 rings (SSSR count). The van der Waals surface area contributed by atoms with E-state index in [1.54, 1.807) is 13.1 Å². The molecule has 122 valence electrons. The van der Waals surface area contributed by atoms with E-state index in [1.807, 2.05) is 30.8 Å². The Morgan fingerprint density at radius 3 is 2.87 bits per heavy atom. The molecule has 5 nitrogen and oxygen atoms in total. The molecular formula is C17H22N4OS. The van der Waals surface area contributed by atoms with Gasteiger partial charge < -0.3 is 9.88 Å². The molecule has 0 bridgehead atoms. The maximum atomic E-state index is 11.9. The number of hydrogen-bond acceptors (Lipinski definition) is 5. The Kier molecular flexibility index (Phi) is 4.71. The van der Waals surface area contributed by atoms with Gasteiger partial charge in [0.2, 0.25) is 0 Å². The smallest absolute Gasteiger partial charge is 0.254 e. The Labute approximate surface area is 140 Å². The van der Waals surface area contributed by atoms with Gasteiger partial charge in [0.05, 0.1) is 0 Å². The van der Waals surface area contributed by atoms with Crippen LogP contribution in [0.5, 0.6) is 0 Å². The van der Waals surface area contributed by atoms with Gasteiger partial charge in [-0.3, -0.25) is 4.79 Å². The summed E-state index contributed by atoms with van der Waals surface area (Å²) in [7, 11) is 0. The van der Waals surface area contributed by atoms with Crippen molar-refractivity contribution in [1.82, 2.24) is 15.0 Å². The molecule has 3 heterocycles.